The van der Waals surface area contributed by atoms with Gasteiger partial charge in [0.05, 0.1) is 31.3 Å². The Hall–Kier alpha value is -7.68. The molecule has 2 saturated heterocycles. The fourth-order valence-corrected chi connectivity index (χ4v) is 9.11. The van der Waals surface area contributed by atoms with Gasteiger partial charge in [0, 0.05) is 35.2 Å². The lowest BCUT2D eigenvalue weighted by Crippen LogP contribution is -2.48. The first-order chi connectivity index (χ1) is 31.6. The zero-order valence-corrected chi connectivity index (χ0v) is 36.4. The van der Waals surface area contributed by atoms with Crippen LogP contribution in [0.2, 0.25) is 0 Å². The number of hydrogen-bond acceptors (Lipinski definition) is 8. The van der Waals surface area contributed by atoms with Crippen LogP contribution in [0.4, 0.5) is 21.0 Å². The third kappa shape index (κ3) is 9.21. The summed E-state index contributed by atoms with van der Waals surface area (Å²) in [7, 11) is 2.46. The quantitative estimate of drug-likeness (QED) is 0.0978. The molecule has 2 fully saturated rings. The Morgan fingerprint density at radius 1 is 0.538 bits per heavy atom. The molecule has 8 rings (SSSR count). The van der Waals surface area contributed by atoms with Crippen LogP contribution in [0.15, 0.2) is 127 Å². The molecule has 334 valence electrons. The standard InChI is InChI=1S/C50H51N7O8/c1-31(32-15-7-4-8-16-32)57-41-29-35(51-45(58)39-21-13-27-55(39)47(60)43(53-49(62)64-2)33-17-9-5-10-18-33)23-25-37(41)38-26-24-36(30-42(38)57)52-46(59)40-22-14-28-56(40)48(61)44(54-50(63)65-3)34-19-11-6-12-20-34/h4-12,15-20,23-26,29-31,39-40,43-44H,13-14,21-22,27-28H2,1-3H3,(H,51,58)(H,52,59)(H,53,62)(H,54,63)/t31?,39-,40-,43+,44+/m0/s1. The molecule has 0 saturated carbocycles. The first-order valence-corrected chi connectivity index (χ1v) is 21.7. The SMILES string of the molecule is COC(=O)N[C@@H](C(=O)N1CCC[C@H]1C(=O)Nc1ccc2c3ccc(NC(=O)[C@@H]4CCCN4C(=O)[C@H](NC(=O)OC)c4ccccc4)cc3n(C(C)c3ccccc3)c2c1)c1ccccc1. The number of hydrogen-bond donors (Lipinski definition) is 4. The number of amides is 6. The second-order valence-corrected chi connectivity index (χ2v) is 16.2. The van der Waals surface area contributed by atoms with Crippen molar-refractivity contribution in [2.75, 3.05) is 37.9 Å². The van der Waals surface area contributed by atoms with Crippen molar-refractivity contribution < 1.29 is 38.2 Å². The smallest absolute Gasteiger partial charge is 0.407 e. The molecule has 15 heteroatoms. The summed E-state index contributed by atoms with van der Waals surface area (Å²) in [4.78, 5) is 84.0. The predicted octanol–water partition coefficient (Wildman–Crippen LogP) is 7.46. The Balaban J connectivity index is 1.07. The molecule has 0 aliphatic carbocycles. The lowest BCUT2D eigenvalue weighted by atomic mass is 10.0. The Labute approximate surface area is 376 Å². The maximum Gasteiger partial charge on any atom is 0.407 e. The molecule has 3 heterocycles. The highest BCUT2D eigenvalue weighted by atomic mass is 16.5. The molecule has 15 nitrogen and oxygen atoms in total. The van der Waals surface area contributed by atoms with Gasteiger partial charge in [-0.25, -0.2) is 9.59 Å². The van der Waals surface area contributed by atoms with Gasteiger partial charge < -0.3 is 45.1 Å². The number of nitrogens with one attached hydrogen (secondary N) is 4. The van der Waals surface area contributed by atoms with Crippen LogP contribution in [0.25, 0.3) is 21.8 Å². The van der Waals surface area contributed by atoms with E-state index in [1.807, 2.05) is 78.9 Å². The molecule has 4 N–H and O–H groups in total. The maximum absolute atomic E-state index is 14.1. The summed E-state index contributed by atoms with van der Waals surface area (Å²) in [5.74, 6) is -1.51. The van der Waals surface area contributed by atoms with Crippen molar-refractivity contribution in [3.63, 3.8) is 0 Å². The molecule has 6 amide bonds. The number of benzene rings is 5. The second-order valence-electron chi connectivity index (χ2n) is 16.2. The second kappa shape index (κ2) is 19.4. The molecule has 0 radical (unpaired) electrons. The van der Waals surface area contributed by atoms with Gasteiger partial charge in [-0.1, -0.05) is 103 Å². The number of rotatable bonds is 12. The highest BCUT2D eigenvalue weighted by molar-refractivity contribution is 6.11. The van der Waals surface area contributed by atoms with Crippen LogP contribution in [0.1, 0.15) is 67.4 Å². The van der Waals surface area contributed by atoms with Crippen LogP contribution in [0, 0.1) is 0 Å². The summed E-state index contributed by atoms with van der Waals surface area (Å²) < 4.78 is 11.8. The molecule has 0 spiro atoms. The van der Waals surface area contributed by atoms with Crippen molar-refractivity contribution in [2.45, 2.75) is 62.8 Å². The lowest BCUT2D eigenvalue weighted by molar-refractivity contribution is -0.138. The van der Waals surface area contributed by atoms with E-state index in [9.17, 15) is 28.8 Å². The van der Waals surface area contributed by atoms with Gasteiger partial charge in [0.15, 0.2) is 0 Å². The number of likely N-dealkylation sites (tertiary alicyclic amines) is 2. The van der Waals surface area contributed by atoms with E-state index in [4.69, 9.17) is 9.47 Å². The number of anilines is 2. The average Bonchev–Trinajstić information content (AvgIpc) is 4.11. The van der Waals surface area contributed by atoms with E-state index in [1.54, 1.807) is 48.5 Å². The molecule has 2 aliphatic heterocycles. The topological polar surface area (TPSA) is 180 Å². The minimum Gasteiger partial charge on any atom is -0.453 e. The first kappa shape index (κ1) is 43.9. The van der Waals surface area contributed by atoms with Gasteiger partial charge in [0.2, 0.25) is 11.8 Å². The van der Waals surface area contributed by atoms with Crippen molar-refractivity contribution in [3.8, 4) is 0 Å². The van der Waals surface area contributed by atoms with Crippen molar-refractivity contribution >= 4 is 69.0 Å². The summed E-state index contributed by atoms with van der Waals surface area (Å²) in [6.07, 6.45) is 0.604. The van der Waals surface area contributed by atoms with Crippen LogP contribution in [-0.2, 0) is 28.7 Å². The largest absolute Gasteiger partial charge is 0.453 e. The molecule has 5 aromatic carbocycles. The van der Waals surface area contributed by atoms with E-state index < -0.39 is 48.2 Å². The maximum atomic E-state index is 14.1. The van der Waals surface area contributed by atoms with Crippen molar-refractivity contribution in [1.82, 2.24) is 25.0 Å². The van der Waals surface area contributed by atoms with Crippen LogP contribution in [0.3, 0.4) is 0 Å². The van der Waals surface area contributed by atoms with E-state index in [0.717, 1.165) is 27.4 Å². The van der Waals surface area contributed by atoms with E-state index in [1.165, 1.54) is 24.0 Å². The van der Waals surface area contributed by atoms with Gasteiger partial charge in [0.1, 0.15) is 24.2 Å². The molecule has 1 unspecified atom stereocenters. The predicted molar refractivity (Wildman–Crippen MR) is 246 cm³/mol. The van der Waals surface area contributed by atoms with E-state index in [0.29, 0.717) is 61.3 Å². The molecule has 5 atom stereocenters. The van der Waals surface area contributed by atoms with Crippen LogP contribution < -0.4 is 21.3 Å². The molecule has 65 heavy (non-hydrogen) atoms. The Morgan fingerprint density at radius 2 is 0.923 bits per heavy atom. The number of nitrogens with zero attached hydrogens (tertiary/aromatic N) is 3. The highest BCUT2D eigenvalue weighted by Gasteiger charge is 2.40. The van der Waals surface area contributed by atoms with E-state index in [2.05, 4.69) is 32.8 Å². The van der Waals surface area contributed by atoms with E-state index in [-0.39, 0.29) is 17.9 Å². The van der Waals surface area contributed by atoms with Gasteiger partial charge in [-0.3, -0.25) is 19.2 Å². The van der Waals surface area contributed by atoms with Crippen molar-refractivity contribution in [1.29, 1.82) is 0 Å². The third-order valence-corrected chi connectivity index (χ3v) is 12.3. The first-order valence-electron chi connectivity index (χ1n) is 21.7. The fraction of sp³-hybridized carbons (Fsp3) is 0.280. The number of carbonyl (C=O) groups excluding carboxylic acids is 6. The lowest BCUT2D eigenvalue weighted by Gasteiger charge is -2.28. The Morgan fingerprint density at radius 3 is 1.31 bits per heavy atom. The van der Waals surface area contributed by atoms with E-state index >= 15 is 0 Å². The van der Waals surface area contributed by atoms with Crippen molar-refractivity contribution in [2.24, 2.45) is 0 Å². The Kier molecular flexibility index (Phi) is 13.1. The van der Waals surface area contributed by atoms with Gasteiger partial charge in [-0.2, -0.15) is 0 Å². The van der Waals surface area contributed by atoms with Gasteiger partial charge in [-0.15, -0.1) is 0 Å². The molecule has 6 aromatic rings. The number of ether oxygens (including phenoxy) is 2. The highest BCUT2D eigenvalue weighted by Crippen LogP contribution is 2.38. The molecular weight excluding hydrogens is 827 g/mol. The summed E-state index contributed by atoms with van der Waals surface area (Å²) in [5.41, 5.74) is 4.92. The molecule has 1 aromatic heterocycles. The normalized spacial score (nSPS) is 17.2. The summed E-state index contributed by atoms with van der Waals surface area (Å²) in [5, 5.41) is 13.3. The molecular formula is C50H51N7O8. The minimum absolute atomic E-state index is 0.187. The summed E-state index contributed by atoms with van der Waals surface area (Å²) in [6, 6.07) is 35.3. The van der Waals surface area contributed by atoms with Gasteiger partial charge >= 0.3 is 12.2 Å². The monoisotopic (exact) mass is 877 g/mol. The van der Waals surface area contributed by atoms with Crippen molar-refractivity contribution in [3.05, 3.63) is 144 Å². The number of fused-ring (bicyclic) bond motifs is 3. The molecule has 0 bridgehead atoms. The summed E-state index contributed by atoms with van der Waals surface area (Å²) >= 11 is 0. The van der Waals surface area contributed by atoms with Crippen LogP contribution in [-0.4, -0.2) is 89.6 Å². The number of aromatic nitrogens is 1. The summed E-state index contributed by atoms with van der Waals surface area (Å²) in [6.45, 7) is 2.78. The van der Waals surface area contributed by atoms with Gasteiger partial charge in [-0.05, 0) is 73.6 Å². The minimum atomic E-state index is -1.04. The zero-order chi connectivity index (χ0) is 45.6. The zero-order valence-electron chi connectivity index (χ0n) is 36.4. The average molecular weight is 878 g/mol. The number of methoxy groups -OCH3 is 2. The molecule has 2 aliphatic rings. The number of carbonyl (C=O) groups is 6. The fourth-order valence-electron chi connectivity index (χ4n) is 9.11. The van der Waals surface area contributed by atoms with Gasteiger partial charge in [0.25, 0.3) is 11.8 Å². The van der Waals surface area contributed by atoms with Crippen LogP contribution in [0.5, 0.6) is 0 Å². The van der Waals surface area contributed by atoms with Crippen LogP contribution >= 0.6 is 0 Å². The Bertz CT molecular complexity index is 2570. The number of alkyl carbamates (subject to hydrolysis) is 2. The third-order valence-electron chi connectivity index (χ3n) is 12.3.